The molecule has 5 nitrogen and oxygen atoms in total. The Hall–Kier alpha value is -1.10. The predicted molar refractivity (Wildman–Crippen MR) is 54.3 cm³/mol. The second kappa shape index (κ2) is 5.59. The van der Waals surface area contributed by atoms with E-state index in [0.717, 1.165) is 0 Å². The van der Waals surface area contributed by atoms with Gasteiger partial charge in [-0.1, -0.05) is 13.8 Å². The van der Waals surface area contributed by atoms with Gasteiger partial charge in [-0.2, -0.15) is 0 Å². The molecule has 0 rings (SSSR count). The summed E-state index contributed by atoms with van der Waals surface area (Å²) in [6, 6.07) is -0.590. The number of carbonyl (C=O) groups excluding carboxylic acids is 2. The van der Waals surface area contributed by atoms with Crippen LogP contribution in [0.3, 0.4) is 0 Å². The Bertz CT molecular complexity index is 214. The highest BCUT2D eigenvalue weighted by Gasteiger charge is 2.19. The van der Waals surface area contributed by atoms with Crippen LogP contribution in [0.2, 0.25) is 0 Å². The second-order valence-corrected chi connectivity index (χ2v) is 3.87. The molecular formula is C9H19N3O2. The molecule has 0 radical (unpaired) electrons. The lowest BCUT2D eigenvalue weighted by Crippen LogP contribution is -2.47. The van der Waals surface area contributed by atoms with Crippen LogP contribution in [-0.4, -0.2) is 35.8 Å². The largest absolute Gasteiger partial charge is 0.368 e. The topological polar surface area (TPSA) is 89.4 Å². The highest BCUT2D eigenvalue weighted by atomic mass is 16.2. The Kier molecular flexibility index (Phi) is 5.15. The van der Waals surface area contributed by atoms with E-state index in [1.807, 2.05) is 13.8 Å². The number of nitrogens with zero attached hydrogens (tertiary/aromatic N) is 1. The summed E-state index contributed by atoms with van der Waals surface area (Å²) in [7, 11) is 0. The van der Waals surface area contributed by atoms with E-state index in [1.54, 1.807) is 6.92 Å². The van der Waals surface area contributed by atoms with E-state index in [1.165, 1.54) is 4.90 Å². The second-order valence-electron chi connectivity index (χ2n) is 3.87. The van der Waals surface area contributed by atoms with Gasteiger partial charge in [0, 0.05) is 6.54 Å². The Labute approximate surface area is 84.4 Å². The molecule has 0 aromatic heterocycles. The number of carbonyl (C=O) groups is 2. The third kappa shape index (κ3) is 4.81. The van der Waals surface area contributed by atoms with Crippen molar-refractivity contribution in [2.75, 3.05) is 13.1 Å². The van der Waals surface area contributed by atoms with Gasteiger partial charge in [0.05, 0.1) is 12.6 Å². The molecule has 0 aliphatic heterocycles. The molecule has 0 bridgehead atoms. The monoisotopic (exact) mass is 201 g/mol. The molecule has 0 unspecified atom stereocenters. The minimum Gasteiger partial charge on any atom is -0.368 e. The number of primary amides is 1. The number of nitrogens with two attached hydrogens (primary N) is 2. The molecule has 0 aliphatic rings. The smallest absolute Gasteiger partial charge is 0.239 e. The van der Waals surface area contributed by atoms with Gasteiger partial charge in [0.2, 0.25) is 11.8 Å². The molecule has 1 atom stereocenters. The van der Waals surface area contributed by atoms with Crippen molar-refractivity contribution in [3.63, 3.8) is 0 Å². The van der Waals surface area contributed by atoms with E-state index in [9.17, 15) is 9.59 Å². The van der Waals surface area contributed by atoms with Crippen LogP contribution in [0.1, 0.15) is 20.8 Å². The first-order valence-corrected chi connectivity index (χ1v) is 4.67. The highest BCUT2D eigenvalue weighted by Crippen LogP contribution is 2.00. The minimum atomic E-state index is -0.590. The van der Waals surface area contributed by atoms with Crippen LogP contribution in [0, 0.1) is 5.92 Å². The van der Waals surface area contributed by atoms with Gasteiger partial charge in [-0.25, -0.2) is 0 Å². The van der Waals surface area contributed by atoms with Crippen LogP contribution < -0.4 is 11.5 Å². The first-order chi connectivity index (χ1) is 6.34. The van der Waals surface area contributed by atoms with Gasteiger partial charge < -0.3 is 16.4 Å². The number of hydrogen-bond donors (Lipinski definition) is 2. The van der Waals surface area contributed by atoms with Crippen molar-refractivity contribution in [3.8, 4) is 0 Å². The van der Waals surface area contributed by atoms with Crippen molar-refractivity contribution in [1.29, 1.82) is 0 Å². The van der Waals surface area contributed by atoms with Crippen molar-refractivity contribution in [2.45, 2.75) is 26.8 Å². The maximum Gasteiger partial charge on any atom is 0.239 e. The first-order valence-electron chi connectivity index (χ1n) is 4.67. The normalized spacial score (nSPS) is 12.6. The van der Waals surface area contributed by atoms with Crippen LogP contribution in [-0.2, 0) is 9.59 Å². The molecule has 0 aromatic rings. The van der Waals surface area contributed by atoms with Gasteiger partial charge in [0.25, 0.3) is 0 Å². The summed E-state index contributed by atoms with van der Waals surface area (Å²) in [5.74, 6) is -0.464. The van der Waals surface area contributed by atoms with Gasteiger partial charge in [0.1, 0.15) is 0 Å². The van der Waals surface area contributed by atoms with Gasteiger partial charge in [-0.15, -0.1) is 0 Å². The van der Waals surface area contributed by atoms with Crippen molar-refractivity contribution >= 4 is 11.8 Å². The zero-order chi connectivity index (χ0) is 11.3. The Morgan fingerprint density at radius 3 is 2.07 bits per heavy atom. The summed E-state index contributed by atoms with van der Waals surface area (Å²) >= 11 is 0. The van der Waals surface area contributed by atoms with E-state index in [2.05, 4.69) is 0 Å². The number of rotatable bonds is 5. The molecule has 0 saturated carbocycles. The van der Waals surface area contributed by atoms with E-state index in [-0.39, 0.29) is 18.4 Å². The van der Waals surface area contributed by atoms with Crippen LogP contribution in [0.25, 0.3) is 0 Å². The SMILES string of the molecule is CC(C)CN(CC(N)=O)C(=O)[C@H](C)N. The summed E-state index contributed by atoms with van der Waals surface area (Å²) in [6.45, 7) is 5.96. The Morgan fingerprint density at radius 1 is 1.29 bits per heavy atom. The standard InChI is InChI=1S/C9H19N3O2/c1-6(2)4-12(5-8(11)13)9(14)7(3)10/h6-7H,4-5,10H2,1-3H3,(H2,11,13)/t7-/m0/s1. The lowest BCUT2D eigenvalue weighted by atomic mass is 10.2. The molecule has 0 saturated heterocycles. The van der Waals surface area contributed by atoms with E-state index in [4.69, 9.17) is 11.5 Å². The van der Waals surface area contributed by atoms with E-state index in [0.29, 0.717) is 6.54 Å². The molecular weight excluding hydrogens is 182 g/mol. The van der Waals surface area contributed by atoms with Crippen molar-refractivity contribution in [2.24, 2.45) is 17.4 Å². The molecule has 2 amide bonds. The third-order valence-electron chi connectivity index (χ3n) is 1.63. The summed E-state index contributed by atoms with van der Waals surface area (Å²) in [5.41, 5.74) is 10.5. The molecule has 4 N–H and O–H groups in total. The molecule has 14 heavy (non-hydrogen) atoms. The third-order valence-corrected chi connectivity index (χ3v) is 1.63. The average molecular weight is 201 g/mol. The number of hydrogen-bond acceptors (Lipinski definition) is 3. The van der Waals surface area contributed by atoms with Crippen molar-refractivity contribution in [3.05, 3.63) is 0 Å². The van der Waals surface area contributed by atoms with Crippen LogP contribution in [0.15, 0.2) is 0 Å². The average Bonchev–Trinajstić information content (AvgIpc) is 1.99. The lowest BCUT2D eigenvalue weighted by Gasteiger charge is -2.24. The molecule has 5 heteroatoms. The van der Waals surface area contributed by atoms with E-state index < -0.39 is 11.9 Å². The zero-order valence-corrected chi connectivity index (χ0v) is 8.99. The Morgan fingerprint density at radius 2 is 1.79 bits per heavy atom. The molecule has 82 valence electrons. The molecule has 0 spiro atoms. The Balaban J connectivity index is 4.38. The fraction of sp³-hybridized carbons (Fsp3) is 0.778. The van der Waals surface area contributed by atoms with Gasteiger partial charge in [-0.3, -0.25) is 9.59 Å². The maximum absolute atomic E-state index is 11.5. The molecule has 0 heterocycles. The van der Waals surface area contributed by atoms with Crippen molar-refractivity contribution in [1.82, 2.24) is 4.90 Å². The first kappa shape index (κ1) is 12.9. The van der Waals surface area contributed by atoms with Gasteiger partial charge in [0.15, 0.2) is 0 Å². The summed E-state index contributed by atoms with van der Waals surface area (Å²) in [6.07, 6.45) is 0. The highest BCUT2D eigenvalue weighted by molar-refractivity contribution is 5.86. The molecule has 0 fully saturated rings. The van der Waals surface area contributed by atoms with Crippen LogP contribution in [0.4, 0.5) is 0 Å². The summed E-state index contributed by atoms with van der Waals surface area (Å²) in [4.78, 5) is 23.6. The van der Waals surface area contributed by atoms with Crippen LogP contribution in [0.5, 0.6) is 0 Å². The summed E-state index contributed by atoms with van der Waals surface area (Å²) in [5, 5.41) is 0. The zero-order valence-electron chi connectivity index (χ0n) is 8.99. The van der Waals surface area contributed by atoms with Crippen molar-refractivity contribution < 1.29 is 9.59 Å². The predicted octanol–water partition coefficient (Wildman–Crippen LogP) is -0.696. The fourth-order valence-electron chi connectivity index (χ4n) is 1.15. The lowest BCUT2D eigenvalue weighted by molar-refractivity contribution is -0.136. The fourth-order valence-corrected chi connectivity index (χ4v) is 1.15. The quantitative estimate of drug-likeness (QED) is 0.616. The minimum absolute atomic E-state index is 0.0570. The summed E-state index contributed by atoms with van der Waals surface area (Å²) < 4.78 is 0. The maximum atomic E-state index is 11.5. The van der Waals surface area contributed by atoms with E-state index >= 15 is 0 Å². The number of amides is 2. The molecule has 0 aromatic carbocycles. The van der Waals surface area contributed by atoms with Gasteiger partial charge in [-0.05, 0) is 12.8 Å². The molecule has 0 aliphatic carbocycles. The van der Waals surface area contributed by atoms with Gasteiger partial charge >= 0.3 is 0 Å². The van der Waals surface area contributed by atoms with Crippen LogP contribution >= 0.6 is 0 Å².